The number of nitrogens with one attached hydrogen (secondary N) is 1. The maximum atomic E-state index is 12.7. The van der Waals surface area contributed by atoms with E-state index in [-0.39, 0.29) is 0 Å². The fraction of sp³-hybridized carbons (Fsp3) is 0.400. The standard InChI is InChI=1S/C30H38N2O2S/c1-24-21-25(2)23-29(22-24)27(13-17-31-35(33,34)30-11-7-4-8-12-30)14-18-32-19-15-28(16-20-32)26-9-5-3-6-10-26/h3-12,21-23,27-28,31H,13-20H2,1-2H3. The van der Waals surface area contributed by atoms with Crippen LogP contribution in [0.2, 0.25) is 0 Å². The van der Waals surface area contributed by atoms with Crippen LogP contribution in [0.25, 0.3) is 0 Å². The summed E-state index contributed by atoms with van der Waals surface area (Å²) in [5, 5.41) is 0. The number of likely N-dealkylation sites (tertiary alicyclic amines) is 1. The minimum absolute atomic E-state index is 0.318. The average Bonchev–Trinajstić information content (AvgIpc) is 2.87. The predicted octanol–water partition coefficient (Wildman–Crippen LogP) is 6.03. The Bertz CT molecular complexity index is 1150. The van der Waals surface area contributed by atoms with Crippen molar-refractivity contribution in [3.8, 4) is 0 Å². The highest BCUT2D eigenvalue weighted by Crippen LogP contribution is 2.30. The van der Waals surface area contributed by atoms with Gasteiger partial charge in [0.2, 0.25) is 10.0 Å². The van der Waals surface area contributed by atoms with Crippen LogP contribution in [0.4, 0.5) is 0 Å². The maximum absolute atomic E-state index is 12.7. The van der Waals surface area contributed by atoms with Gasteiger partial charge in [0, 0.05) is 6.54 Å². The molecule has 35 heavy (non-hydrogen) atoms. The molecule has 0 aliphatic carbocycles. The lowest BCUT2D eigenvalue weighted by atomic mass is 9.88. The molecule has 4 nitrogen and oxygen atoms in total. The molecular weight excluding hydrogens is 452 g/mol. The molecule has 3 aromatic rings. The van der Waals surface area contributed by atoms with E-state index in [1.54, 1.807) is 24.3 Å². The Balaban J connectivity index is 1.36. The van der Waals surface area contributed by atoms with E-state index < -0.39 is 10.0 Å². The summed E-state index contributed by atoms with van der Waals surface area (Å²) in [6.45, 7) is 8.01. The Labute approximate surface area is 211 Å². The van der Waals surface area contributed by atoms with Crippen LogP contribution in [0.15, 0.2) is 83.8 Å². The molecule has 0 bridgehead atoms. The second kappa shape index (κ2) is 12.0. The molecule has 4 rings (SSSR count). The van der Waals surface area contributed by atoms with Gasteiger partial charge in [0.1, 0.15) is 0 Å². The van der Waals surface area contributed by atoms with Gasteiger partial charge >= 0.3 is 0 Å². The summed E-state index contributed by atoms with van der Waals surface area (Å²) in [6, 6.07) is 26.3. The lowest BCUT2D eigenvalue weighted by Crippen LogP contribution is -2.34. The monoisotopic (exact) mass is 490 g/mol. The number of aryl methyl sites for hydroxylation is 2. The molecule has 1 saturated heterocycles. The van der Waals surface area contributed by atoms with Crippen LogP contribution in [0.5, 0.6) is 0 Å². The summed E-state index contributed by atoms with van der Waals surface area (Å²) in [4.78, 5) is 2.91. The van der Waals surface area contributed by atoms with E-state index in [0.717, 1.165) is 32.5 Å². The van der Waals surface area contributed by atoms with Gasteiger partial charge in [-0.25, -0.2) is 13.1 Å². The number of benzene rings is 3. The molecule has 0 amide bonds. The van der Waals surface area contributed by atoms with Crippen LogP contribution in [0.1, 0.15) is 59.8 Å². The zero-order valence-corrected chi connectivity index (χ0v) is 21.8. The Morgan fingerprint density at radius 1 is 0.857 bits per heavy atom. The number of piperidine rings is 1. The van der Waals surface area contributed by atoms with E-state index in [1.165, 1.54) is 35.1 Å². The fourth-order valence-corrected chi connectivity index (χ4v) is 6.40. The summed E-state index contributed by atoms with van der Waals surface area (Å²) >= 11 is 0. The fourth-order valence-electron chi connectivity index (χ4n) is 5.33. The average molecular weight is 491 g/mol. The van der Waals surface area contributed by atoms with Crippen LogP contribution < -0.4 is 4.72 Å². The first-order chi connectivity index (χ1) is 16.9. The zero-order valence-electron chi connectivity index (χ0n) is 21.0. The van der Waals surface area contributed by atoms with Crippen LogP contribution in [-0.4, -0.2) is 39.5 Å². The molecule has 1 fully saturated rings. The number of hydrogen-bond donors (Lipinski definition) is 1. The van der Waals surface area contributed by atoms with Gasteiger partial charge in [0.05, 0.1) is 4.90 Å². The molecular formula is C30H38N2O2S. The van der Waals surface area contributed by atoms with Crippen molar-refractivity contribution in [1.29, 1.82) is 0 Å². The first kappa shape index (κ1) is 25.6. The topological polar surface area (TPSA) is 49.4 Å². The molecule has 5 heteroatoms. The Hall–Kier alpha value is -2.47. The van der Waals surface area contributed by atoms with E-state index >= 15 is 0 Å². The van der Waals surface area contributed by atoms with Crippen molar-refractivity contribution in [2.45, 2.75) is 56.3 Å². The van der Waals surface area contributed by atoms with Crippen LogP contribution in [0.3, 0.4) is 0 Å². The van der Waals surface area contributed by atoms with Gasteiger partial charge in [-0.05, 0) is 94.3 Å². The highest BCUT2D eigenvalue weighted by atomic mass is 32.2. The van der Waals surface area contributed by atoms with Gasteiger partial charge in [0.25, 0.3) is 0 Å². The van der Waals surface area contributed by atoms with Gasteiger partial charge in [-0.2, -0.15) is 0 Å². The number of sulfonamides is 1. The van der Waals surface area contributed by atoms with E-state index in [1.807, 2.05) is 6.07 Å². The van der Waals surface area contributed by atoms with E-state index in [0.29, 0.717) is 23.3 Å². The smallest absolute Gasteiger partial charge is 0.240 e. The highest BCUT2D eigenvalue weighted by molar-refractivity contribution is 7.89. The second-order valence-electron chi connectivity index (χ2n) is 9.93. The number of nitrogens with zero attached hydrogens (tertiary/aromatic N) is 1. The largest absolute Gasteiger partial charge is 0.303 e. The summed E-state index contributed by atoms with van der Waals surface area (Å²) < 4.78 is 28.2. The van der Waals surface area contributed by atoms with Gasteiger partial charge in [-0.3, -0.25) is 0 Å². The van der Waals surface area contributed by atoms with Crippen LogP contribution in [-0.2, 0) is 10.0 Å². The molecule has 1 aliphatic heterocycles. The van der Waals surface area contributed by atoms with Crippen molar-refractivity contribution in [2.24, 2.45) is 0 Å². The predicted molar refractivity (Wildman–Crippen MR) is 144 cm³/mol. The summed E-state index contributed by atoms with van der Waals surface area (Å²) in [6.07, 6.45) is 4.23. The molecule has 3 aromatic carbocycles. The normalized spacial score (nSPS) is 16.3. The third-order valence-electron chi connectivity index (χ3n) is 7.21. The lowest BCUT2D eigenvalue weighted by Gasteiger charge is -2.33. The van der Waals surface area contributed by atoms with E-state index in [4.69, 9.17) is 0 Å². The number of hydrogen-bond acceptors (Lipinski definition) is 3. The van der Waals surface area contributed by atoms with Gasteiger partial charge in [0.15, 0.2) is 0 Å². The molecule has 1 atom stereocenters. The zero-order chi connectivity index (χ0) is 24.7. The third kappa shape index (κ3) is 7.26. The van der Waals surface area contributed by atoms with Crippen LogP contribution >= 0.6 is 0 Å². The van der Waals surface area contributed by atoms with Crippen molar-refractivity contribution >= 4 is 10.0 Å². The van der Waals surface area contributed by atoms with Crippen molar-refractivity contribution in [3.63, 3.8) is 0 Å². The van der Waals surface area contributed by atoms with E-state index in [9.17, 15) is 8.42 Å². The van der Waals surface area contributed by atoms with Gasteiger partial charge < -0.3 is 4.90 Å². The van der Waals surface area contributed by atoms with Crippen molar-refractivity contribution in [3.05, 3.63) is 101 Å². The minimum atomic E-state index is -3.48. The molecule has 186 valence electrons. The van der Waals surface area contributed by atoms with Crippen molar-refractivity contribution < 1.29 is 8.42 Å². The first-order valence-electron chi connectivity index (χ1n) is 12.8. The molecule has 1 aliphatic rings. The SMILES string of the molecule is Cc1cc(C)cc(C(CCNS(=O)(=O)c2ccccc2)CCN2CCC(c3ccccc3)CC2)c1. The van der Waals surface area contributed by atoms with Crippen molar-refractivity contribution in [1.82, 2.24) is 9.62 Å². The Kier molecular flexibility index (Phi) is 8.77. The molecule has 0 saturated carbocycles. The summed E-state index contributed by atoms with van der Waals surface area (Å²) in [5.74, 6) is 0.981. The first-order valence-corrected chi connectivity index (χ1v) is 14.3. The van der Waals surface area contributed by atoms with E-state index in [2.05, 4.69) is 72.0 Å². The lowest BCUT2D eigenvalue weighted by molar-refractivity contribution is 0.204. The Morgan fingerprint density at radius 2 is 1.46 bits per heavy atom. The van der Waals surface area contributed by atoms with Crippen LogP contribution in [0, 0.1) is 13.8 Å². The molecule has 1 heterocycles. The van der Waals surface area contributed by atoms with Crippen molar-refractivity contribution in [2.75, 3.05) is 26.2 Å². The summed E-state index contributed by atoms with van der Waals surface area (Å²) in [5.41, 5.74) is 5.31. The molecule has 1 unspecified atom stereocenters. The molecule has 1 N–H and O–H groups in total. The van der Waals surface area contributed by atoms with Gasteiger partial charge in [-0.15, -0.1) is 0 Å². The summed E-state index contributed by atoms with van der Waals surface area (Å²) in [7, 11) is -3.48. The second-order valence-corrected chi connectivity index (χ2v) is 11.7. The minimum Gasteiger partial charge on any atom is -0.303 e. The molecule has 0 aromatic heterocycles. The molecule has 0 spiro atoms. The number of rotatable bonds is 10. The van der Waals surface area contributed by atoms with Gasteiger partial charge in [-0.1, -0.05) is 77.9 Å². The quantitative estimate of drug-likeness (QED) is 0.378. The molecule has 0 radical (unpaired) electrons. The highest BCUT2D eigenvalue weighted by Gasteiger charge is 2.22. The maximum Gasteiger partial charge on any atom is 0.240 e. The third-order valence-corrected chi connectivity index (χ3v) is 8.68. The Morgan fingerprint density at radius 3 is 2.09 bits per heavy atom.